The van der Waals surface area contributed by atoms with E-state index < -0.39 is 0 Å². The molecule has 3 atom stereocenters. The third-order valence-corrected chi connectivity index (χ3v) is 6.41. The summed E-state index contributed by atoms with van der Waals surface area (Å²) in [6.45, 7) is 6.25. The van der Waals surface area contributed by atoms with Crippen molar-refractivity contribution in [1.29, 1.82) is 0 Å². The molecule has 1 fully saturated rings. The normalized spacial score (nSPS) is 24.3. The molecule has 1 aromatic carbocycles. The Bertz CT molecular complexity index is 843. The summed E-state index contributed by atoms with van der Waals surface area (Å²) in [5.74, 6) is 1.81. The van der Waals surface area contributed by atoms with Gasteiger partial charge in [0, 0.05) is 18.0 Å². The molecule has 142 valence electrons. The van der Waals surface area contributed by atoms with Crippen LogP contribution >= 0.6 is 23.4 Å². The lowest BCUT2D eigenvalue weighted by Crippen LogP contribution is -2.35. The zero-order chi connectivity index (χ0) is 19.0. The fraction of sp³-hybridized carbons (Fsp3) is 0.429. The van der Waals surface area contributed by atoms with E-state index in [1.54, 1.807) is 0 Å². The van der Waals surface area contributed by atoms with Gasteiger partial charge >= 0.3 is 0 Å². The molecule has 0 spiro atoms. The van der Waals surface area contributed by atoms with E-state index >= 15 is 0 Å². The number of aromatic nitrogens is 1. The first-order valence-electron chi connectivity index (χ1n) is 9.44. The lowest BCUT2D eigenvalue weighted by Gasteiger charge is -2.32. The fourth-order valence-corrected chi connectivity index (χ4v) is 5.33. The molecule has 0 saturated carbocycles. The minimum atomic E-state index is -0.0176. The highest BCUT2D eigenvalue weighted by molar-refractivity contribution is 8.14. The van der Waals surface area contributed by atoms with Crippen molar-refractivity contribution in [2.45, 2.75) is 51.4 Å². The van der Waals surface area contributed by atoms with E-state index in [-0.39, 0.29) is 18.2 Å². The number of nitrogens with zero attached hydrogens (tertiary/aromatic N) is 3. The first kappa shape index (κ1) is 18.6. The number of ether oxygens (including phenoxy) is 1. The SMILES string of the molecule is CC[C@@H]1CSC2=N[C@H](c3ccccn3)[C@H](c3ccc(OC(C)C)c(Cl)c3)N21. The standard InChI is InChI=1S/C21H24ClN3OS/c1-4-15-12-27-21-24-19(17-7-5-6-10-23-17)20(25(15)21)14-8-9-18(16(22)11-14)26-13(2)3/h5-11,13,15,19-20H,4,12H2,1-3H3/t15-,19-,20+/m1/s1. The molecule has 2 aliphatic rings. The average Bonchev–Trinajstić information content (AvgIpc) is 3.22. The number of pyridine rings is 1. The largest absolute Gasteiger partial charge is 0.489 e. The first-order chi connectivity index (χ1) is 13.1. The number of hydrogen-bond donors (Lipinski definition) is 0. The molecule has 1 saturated heterocycles. The number of benzene rings is 1. The monoisotopic (exact) mass is 401 g/mol. The Balaban J connectivity index is 1.74. The highest BCUT2D eigenvalue weighted by Gasteiger charge is 2.45. The van der Waals surface area contributed by atoms with Crippen LogP contribution in [0.5, 0.6) is 5.75 Å². The minimum absolute atomic E-state index is 0.0176. The van der Waals surface area contributed by atoms with Gasteiger partial charge in [0.25, 0.3) is 0 Å². The molecule has 6 heteroatoms. The molecule has 2 aromatic rings. The number of fused-ring (bicyclic) bond motifs is 1. The molecular weight excluding hydrogens is 378 g/mol. The number of aliphatic imine (C=N–C) groups is 1. The molecule has 0 N–H and O–H groups in total. The summed E-state index contributed by atoms with van der Waals surface area (Å²) >= 11 is 8.41. The minimum Gasteiger partial charge on any atom is -0.489 e. The maximum absolute atomic E-state index is 6.56. The molecule has 0 bridgehead atoms. The lowest BCUT2D eigenvalue weighted by molar-refractivity contribution is 0.241. The topological polar surface area (TPSA) is 37.7 Å². The van der Waals surface area contributed by atoms with E-state index in [9.17, 15) is 0 Å². The predicted octanol–water partition coefficient (Wildman–Crippen LogP) is 5.50. The Kier molecular flexibility index (Phi) is 5.33. The van der Waals surface area contributed by atoms with Crippen molar-refractivity contribution in [3.8, 4) is 5.75 Å². The summed E-state index contributed by atoms with van der Waals surface area (Å²) in [6, 6.07) is 12.8. The number of thioether (sulfide) groups is 1. The maximum atomic E-state index is 6.56. The van der Waals surface area contributed by atoms with E-state index in [1.165, 1.54) is 0 Å². The molecule has 2 aliphatic heterocycles. The van der Waals surface area contributed by atoms with Crippen molar-refractivity contribution in [1.82, 2.24) is 9.88 Å². The van der Waals surface area contributed by atoms with Crippen molar-refractivity contribution in [2.75, 3.05) is 5.75 Å². The highest BCUT2D eigenvalue weighted by atomic mass is 35.5. The Morgan fingerprint density at radius 1 is 1.30 bits per heavy atom. The van der Waals surface area contributed by atoms with Crippen LogP contribution in [0.3, 0.4) is 0 Å². The molecular formula is C21H24ClN3OS. The van der Waals surface area contributed by atoms with Gasteiger partial charge in [-0.05, 0) is 50.1 Å². The van der Waals surface area contributed by atoms with E-state index in [4.69, 9.17) is 21.3 Å². The average molecular weight is 402 g/mol. The molecule has 0 unspecified atom stereocenters. The van der Waals surface area contributed by atoms with Crippen molar-refractivity contribution in [3.05, 3.63) is 58.9 Å². The number of rotatable bonds is 5. The molecule has 0 radical (unpaired) electrons. The zero-order valence-electron chi connectivity index (χ0n) is 15.8. The second-order valence-corrected chi connectivity index (χ2v) is 8.59. The lowest BCUT2D eigenvalue weighted by atomic mass is 9.95. The van der Waals surface area contributed by atoms with Crippen LogP contribution in [0, 0.1) is 0 Å². The molecule has 1 aromatic heterocycles. The summed E-state index contributed by atoms with van der Waals surface area (Å²) < 4.78 is 5.81. The van der Waals surface area contributed by atoms with Crippen LogP contribution in [-0.2, 0) is 0 Å². The molecule has 4 rings (SSSR count). The number of hydrogen-bond acceptors (Lipinski definition) is 5. The second-order valence-electron chi connectivity index (χ2n) is 7.19. The van der Waals surface area contributed by atoms with E-state index in [1.807, 2.05) is 56.1 Å². The number of halogens is 1. The van der Waals surface area contributed by atoms with Gasteiger partial charge in [0.05, 0.1) is 22.9 Å². The van der Waals surface area contributed by atoms with Gasteiger partial charge < -0.3 is 9.64 Å². The van der Waals surface area contributed by atoms with Crippen LogP contribution in [0.2, 0.25) is 5.02 Å². The van der Waals surface area contributed by atoms with Crippen molar-refractivity contribution >= 4 is 28.5 Å². The van der Waals surface area contributed by atoms with Crippen molar-refractivity contribution in [3.63, 3.8) is 0 Å². The summed E-state index contributed by atoms with van der Waals surface area (Å²) in [7, 11) is 0. The Morgan fingerprint density at radius 2 is 2.15 bits per heavy atom. The van der Waals surface area contributed by atoms with Gasteiger partial charge in [0.15, 0.2) is 5.17 Å². The van der Waals surface area contributed by atoms with Crippen LogP contribution in [-0.4, -0.2) is 33.0 Å². The van der Waals surface area contributed by atoms with Crippen LogP contribution in [0.15, 0.2) is 47.6 Å². The number of amidine groups is 1. The fourth-order valence-electron chi connectivity index (χ4n) is 3.76. The summed E-state index contributed by atoms with van der Waals surface area (Å²) in [6.07, 6.45) is 3.03. The van der Waals surface area contributed by atoms with Gasteiger partial charge in [-0.3, -0.25) is 9.98 Å². The zero-order valence-corrected chi connectivity index (χ0v) is 17.4. The molecule has 0 aliphatic carbocycles. The summed E-state index contributed by atoms with van der Waals surface area (Å²) in [5, 5.41) is 1.77. The smallest absolute Gasteiger partial charge is 0.160 e. The predicted molar refractivity (Wildman–Crippen MR) is 113 cm³/mol. The first-order valence-corrected chi connectivity index (χ1v) is 10.8. The van der Waals surface area contributed by atoms with Gasteiger partial charge in [0.2, 0.25) is 0 Å². The summed E-state index contributed by atoms with van der Waals surface area (Å²) in [4.78, 5) is 12.1. The van der Waals surface area contributed by atoms with E-state index in [2.05, 4.69) is 28.9 Å². The van der Waals surface area contributed by atoms with Gasteiger partial charge in [-0.2, -0.15) is 0 Å². The van der Waals surface area contributed by atoms with Crippen LogP contribution in [0.4, 0.5) is 0 Å². The molecule has 27 heavy (non-hydrogen) atoms. The van der Waals surface area contributed by atoms with Crippen LogP contribution in [0.1, 0.15) is 50.5 Å². The van der Waals surface area contributed by atoms with E-state index in [0.717, 1.165) is 34.3 Å². The van der Waals surface area contributed by atoms with Gasteiger partial charge in [-0.25, -0.2) is 0 Å². The molecule has 4 nitrogen and oxygen atoms in total. The second kappa shape index (κ2) is 7.72. The van der Waals surface area contributed by atoms with Gasteiger partial charge in [0.1, 0.15) is 11.8 Å². The van der Waals surface area contributed by atoms with E-state index in [0.29, 0.717) is 11.1 Å². The Labute approximate surface area is 170 Å². The van der Waals surface area contributed by atoms with Crippen molar-refractivity contribution in [2.24, 2.45) is 4.99 Å². The van der Waals surface area contributed by atoms with Crippen molar-refractivity contribution < 1.29 is 4.74 Å². The molecule has 3 heterocycles. The third kappa shape index (κ3) is 3.55. The quantitative estimate of drug-likeness (QED) is 0.662. The summed E-state index contributed by atoms with van der Waals surface area (Å²) in [5.41, 5.74) is 2.16. The van der Waals surface area contributed by atoms with Crippen LogP contribution < -0.4 is 4.74 Å². The van der Waals surface area contributed by atoms with Gasteiger partial charge in [-0.15, -0.1) is 0 Å². The third-order valence-electron chi connectivity index (χ3n) is 4.99. The van der Waals surface area contributed by atoms with Crippen LogP contribution in [0.25, 0.3) is 0 Å². The van der Waals surface area contributed by atoms with Gasteiger partial charge in [-0.1, -0.05) is 42.4 Å². The Hall–Kier alpha value is -1.72. The molecule has 0 amide bonds. The maximum Gasteiger partial charge on any atom is 0.160 e. The highest BCUT2D eigenvalue weighted by Crippen LogP contribution is 2.49. The Morgan fingerprint density at radius 3 is 2.81 bits per heavy atom.